The molecule has 14 heavy (non-hydrogen) atoms. The molecule has 0 radical (unpaired) electrons. The van der Waals surface area contributed by atoms with Gasteiger partial charge in [-0.05, 0) is 29.0 Å². The first-order chi connectivity index (χ1) is 6.45. The topological polar surface area (TPSA) is 0 Å². The number of aryl methyl sites for hydroxylation is 1. The number of halogens is 1. The highest BCUT2D eigenvalue weighted by molar-refractivity contribution is 9.10. The van der Waals surface area contributed by atoms with Crippen LogP contribution in [0.25, 0.3) is 0 Å². The maximum Gasteiger partial charge on any atom is 0.0207 e. The van der Waals surface area contributed by atoms with Crippen molar-refractivity contribution in [2.24, 2.45) is 0 Å². The molecule has 0 aliphatic heterocycles. The molecule has 0 aliphatic rings. The number of rotatable bonds is 2. The summed E-state index contributed by atoms with van der Waals surface area (Å²) in [6.45, 7) is 8.99. The van der Waals surface area contributed by atoms with E-state index in [1.165, 1.54) is 22.0 Å². The Morgan fingerprint density at radius 1 is 1.21 bits per heavy atom. The van der Waals surface area contributed by atoms with Crippen molar-refractivity contribution in [2.45, 2.75) is 46.0 Å². The molecule has 0 nitrogen and oxygen atoms in total. The van der Waals surface area contributed by atoms with Crippen molar-refractivity contribution in [3.8, 4) is 0 Å². The standard InChI is InChI=1S/C13H19Br/c1-5-6-10-9-11(13(2,3)4)7-8-12(10)14/h7-9H,5-6H2,1-4H3. The molecule has 0 unspecified atom stereocenters. The van der Waals surface area contributed by atoms with E-state index in [0.717, 1.165) is 6.42 Å². The van der Waals surface area contributed by atoms with Gasteiger partial charge in [0.15, 0.2) is 0 Å². The normalized spacial score (nSPS) is 11.8. The first-order valence-corrected chi connectivity index (χ1v) is 6.03. The molecule has 0 atom stereocenters. The Labute approximate surface area is 95.9 Å². The summed E-state index contributed by atoms with van der Waals surface area (Å²) in [5.41, 5.74) is 3.10. The third-order valence-electron chi connectivity index (χ3n) is 2.43. The van der Waals surface area contributed by atoms with E-state index in [0.29, 0.717) is 0 Å². The molecule has 0 aromatic heterocycles. The molecule has 0 saturated carbocycles. The molecule has 1 rings (SSSR count). The van der Waals surface area contributed by atoms with Crippen molar-refractivity contribution < 1.29 is 0 Å². The van der Waals surface area contributed by atoms with Gasteiger partial charge in [0.25, 0.3) is 0 Å². The second-order valence-corrected chi connectivity index (χ2v) is 5.66. The van der Waals surface area contributed by atoms with Gasteiger partial charge in [-0.25, -0.2) is 0 Å². The predicted molar refractivity (Wildman–Crippen MR) is 66.8 cm³/mol. The highest BCUT2D eigenvalue weighted by Crippen LogP contribution is 2.27. The molecule has 0 aliphatic carbocycles. The monoisotopic (exact) mass is 254 g/mol. The van der Waals surface area contributed by atoms with Gasteiger partial charge >= 0.3 is 0 Å². The Bertz CT molecular complexity index is 308. The molecule has 0 heterocycles. The van der Waals surface area contributed by atoms with Gasteiger partial charge in [0.2, 0.25) is 0 Å². The Kier molecular flexibility index (Phi) is 3.77. The fourth-order valence-electron chi connectivity index (χ4n) is 1.50. The van der Waals surface area contributed by atoms with Gasteiger partial charge in [-0.3, -0.25) is 0 Å². The molecule has 0 amide bonds. The van der Waals surface area contributed by atoms with E-state index >= 15 is 0 Å². The quantitative estimate of drug-likeness (QED) is 0.718. The van der Waals surface area contributed by atoms with Crippen LogP contribution in [0.2, 0.25) is 0 Å². The van der Waals surface area contributed by atoms with E-state index in [-0.39, 0.29) is 5.41 Å². The third kappa shape index (κ3) is 2.84. The Morgan fingerprint density at radius 3 is 2.36 bits per heavy atom. The van der Waals surface area contributed by atoms with Crippen molar-refractivity contribution in [1.82, 2.24) is 0 Å². The molecule has 1 aromatic carbocycles. The van der Waals surface area contributed by atoms with Crippen molar-refractivity contribution in [3.05, 3.63) is 33.8 Å². The summed E-state index contributed by atoms with van der Waals surface area (Å²) in [5.74, 6) is 0. The highest BCUT2D eigenvalue weighted by Gasteiger charge is 2.14. The maximum absolute atomic E-state index is 3.60. The van der Waals surface area contributed by atoms with Crippen LogP contribution in [-0.4, -0.2) is 0 Å². The summed E-state index contributed by atoms with van der Waals surface area (Å²) in [6.07, 6.45) is 2.36. The molecular weight excluding hydrogens is 236 g/mol. The number of hydrogen-bond acceptors (Lipinski definition) is 0. The van der Waals surface area contributed by atoms with Crippen LogP contribution in [0.5, 0.6) is 0 Å². The van der Waals surface area contributed by atoms with Gasteiger partial charge in [0.1, 0.15) is 0 Å². The fourth-order valence-corrected chi connectivity index (χ4v) is 1.95. The van der Waals surface area contributed by atoms with Crippen LogP contribution >= 0.6 is 15.9 Å². The summed E-state index contributed by atoms with van der Waals surface area (Å²) in [6, 6.07) is 6.71. The van der Waals surface area contributed by atoms with Gasteiger partial charge in [0, 0.05) is 4.47 Å². The van der Waals surface area contributed by atoms with Gasteiger partial charge in [-0.15, -0.1) is 0 Å². The van der Waals surface area contributed by atoms with Crippen LogP contribution in [0.3, 0.4) is 0 Å². The largest absolute Gasteiger partial charge is 0.0651 e. The smallest absolute Gasteiger partial charge is 0.0207 e. The molecule has 0 spiro atoms. The highest BCUT2D eigenvalue weighted by atomic mass is 79.9. The Hall–Kier alpha value is -0.300. The molecule has 1 heteroatoms. The van der Waals surface area contributed by atoms with Crippen LogP contribution in [0.4, 0.5) is 0 Å². The van der Waals surface area contributed by atoms with Crippen LogP contribution in [0.1, 0.15) is 45.2 Å². The zero-order valence-corrected chi connectivity index (χ0v) is 11.1. The molecular formula is C13H19Br. The van der Waals surface area contributed by atoms with E-state index in [1.807, 2.05) is 0 Å². The average molecular weight is 255 g/mol. The van der Waals surface area contributed by atoms with Crippen LogP contribution < -0.4 is 0 Å². The third-order valence-corrected chi connectivity index (χ3v) is 3.20. The van der Waals surface area contributed by atoms with Crippen molar-refractivity contribution >= 4 is 15.9 Å². The lowest BCUT2D eigenvalue weighted by atomic mass is 9.86. The fraction of sp³-hybridized carbons (Fsp3) is 0.538. The molecule has 1 aromatic rings. The molecule has 0 saturated heterocycles. The molecule has 0 bridgehead atoms. The van der Waals surface area contributed by atoms with Crippen molar-refractivity contribution in [2.75, 3.05) is 0 Å². The minimum absolute atomic E-state index is 0.253. The molecule has 0 fully saturated rings. The minimum atomic E-state index is 0.253. The molecule has 0 N–H and O–H groups in total. The second kappa shape index (κ2) is 4.48. The zero-order chi connectivity index (χ0) is 10.8. The second-order valence-electron chi connectivity index (χ2n) is 4.81. The lowest BCUT2D eigenvalue weighted by Crippen LogP contribution is -2.11. The number of hydrogen-bond donors (Lipinski definition) is 0. The number of benzene rings is 1. The first-order valence-electron chi connectivity index (χ1n) is 5.24. The Balaban J connectivity index is 3.06. The summed E-state index contributed by atoms with van der Waals surface area (Å²) in [5, 5.41) is 0. The predicted octanol–water partition coefficient (Wildman–Crippen LogP) is 4.70. The summed E-state index contributed by atoms with van der Waals surface area (Å²) < 4.78 is 1.24. The maximum atomic E-state index is 3.60. The van der Waals surface area contributed by atoms with Crippen LogP contribution in [0, 0.1) is 0 Å². The van der Waals surface area contributed by atoms with E-state index in [4.69, 9.17) is 0 Å². The van der Waals surface area contributed by atoms with Gasteiger partial charge in [0.05, 0.1) is 0 Å². The van der Waals surface area contributed by atoms with Gasteiger partial charge in [-0.1, -0.05) is 62.2 Å². The van der Waals surface area contributed by atoms with Crippen LogP contribution in [-0.2, 0) is 11.8 Å². The van der Waals surface area contributed by atoms with E-state index in [9.17, 15) is 0 Å². The lowest BCUT2D eigenvalue weighted by molar-refractivity contribution is 0.589. The van der Waals surface area contributed by atoms with Crippen molar-refractivity contribution in [3.63, 3.8) is 0 Å². The van der Waals surface area contributed by atoms with Crippen LogP contribution in [0.15, 0.2) is 22.7 Å². The van der Waals surface area contributed by atoms with Crippen molar-refractivity contribution in [1.29, 1.82) is 0 Å². The average Bonchev–Trinajstić information content (AvgIpc) is 2.07. The Morgan fingerprint density at radius 2 is 1.86 bits per heavy atom. The SMILES string of the molecule is CCCc1cc(C(C)(C)C)ccc1Br. The summed E-state index contributed by atoms with van der Waals surface area (Å²) in [4.78, 5) is 0. The van der Waals surface area contributed by atoms with Gasteiger partial charge < -0.3 is 0 Å². The summed E-state index contributed by atoms with van der Waals surface area (Å²) >= 11 is 3.60. The van der Waals surface area contributed by atoms with Gasteiger partial charge in [-0.2, -0.15) is 0 Å². The zero-order valence-electron chi connectivity index (χ0n) is 9.52. The van der Waals surface area contributed by atoms with E-state index in [2.05, 4.69) is 61.8 Å². The summed E-state index contributed by atoms with van der Waals surface area (Å²) in [7, 11) is 0. The minimum Gasteiger partial charge on any atom is -0.0651 e. The molecule has 78 valence electrons. The van der Waals surface area contributed by atoms with E-state index < -0.39 is 0 Å². The lowest BCUT2D eigenvalue weighted by Gasteiger charge is -2.20. The van der Waals surface area contributed by atoms with E-state index in [1.54, 1.807) is 0 Å². The first kappa shape index (κ1) is 11.8.